The SMILES string of the molecule is COc1cc(/C=C2/NC(=O)N(c3cccc(Cl)c3)C2=O)cc(Br)c1OCc1ccc2ccccc2c1. The van der Waals surface area contributed by atoms with E-state index in [1.165, 1.54) is 5.39 Å². The summed E-state index contributed by atoms with van der Waals surface area (Å²) >= 11 is 9.58. The van der Waals surface area contributed by atoms with E-state index in [1.807, 2.05) is 18.2 Å². The number of hydrogen-bond acceptors (Lipinski definition) is 4. The molecule has 5 rings (SSSR count). The molecule has 0 unspecified atom stereocenters. The van der Waals surface area contributed by atoms with Crippen LogP contribution in [-0.2, 0) is 11.4 Å². The molecule has 4 aromatic carbocycles. The fraction of sp³-hybridized carbons (Fsp3) is 0.0714. The first-order valence-corrected chi connectivity index (χ1v) is 12.2. The van der Waals surface area contributed by atoms with E-state index in [1.54, 1.807) is 49.6 Å². The van der Waals surface area contributed by atoms with E-state index in [0.717, 1.165) is 15.8 Å². The van der Waals surface area contributed by atoms with E-state index in [9.17, 15) is 9.59 Å². The summed E-state index contributed by atoms with van der Waals surface area (Å²) < 4.78 is 12.3. The fourth-order valence-corrected chi connectivity index (χ4v) is 4.76. The van der Waals surface area contributed by atoms with Gasteiger partial charge in [0.1, 0.15) is 12.3 Å². The van der Waals surface area contributed by atoms with Gasteiger partial charge >= 0.3 is 6.03 Å². The van der Waals surface area contributed by atoms with Crippen LogP contribution >= 0.6 is 27.5 Å². The Morgan fingerprint density at radius 2 is 1.78 bits per heavy atom. The van der Waals surface area contributed by atoms with E-state index >= 15 is 0 Å². The van der Waals surface area contributed by atoms with Gasteiger partial charge in [-0.05, 0) is 80.3 Å². The van der Waals surface area contributed by atoms with Gasteiger partial charge in [0.25, 0.3) is 5.91 Å². The Kier molecular flexibility index (Phi) is 6.67. The summed E-state index contributed by atoms with van der Waals surface area (Å²) in [6.45, 7) is 0.351. The van der Waals surface area contributed by atoms with Crippen molar-refractivity contribution in [1.82, 2.24) is 5.32 Å². The lowest BCUT2D eigenvalue weighted by atomic mass is 10.1. The number of carbonyl (C=O) groups excluding carboxylic acids is 2. The van der Waals surface area contributed by atoms with Crippen molar-refractivity contribution in [2.75, 3.05) is 12.0 Å². The number of nitrogens with zero attached hydrogens (tertiary/aromatic N) is 1. The quantitative estimate of drug-likeness (QED) is 0.204. The molecule has 1 fully saturated rings. The van der Waals surface area contributed by atoms with Gasteiger partial charge in [0, 0.05) is 5.02 Å². The number of imide groups is 1. The lowest BCUT2D eigenvalue weighted by Gasteiger charge is -2.14. The molecular formula is C28H20BrClN2O4. The van der Waals surface area contributed by atoms with E-state index < -0.39 is 11.9 Å². The number of urea groups is 1. The zero-order valence-electron chi connectivity index (χ0n) is 19.1. The van der Waals surface area contributed by atoms with E-state index in [2.05, 4.69) is 45.5 Å². The molecule has 3 amide bonds. The average molecular weight is 564 g/mol. The van der Waals surface area contributed by atoms with E-state index in [4.69, 9.17) is 21.1 Å². The maximum atomic E-state index is 13.0. The van der Waals surface area contributed by atoms with Crippen LogP contribution in [0.3, 0.4) is 0 Å². The Morgan fingerprint density at radius 1 is 0.972 bits per heavy atom. The molecule has 0 bridgehead atoms. The van der Waals surface area contributed by atoms with Crippen LogP contribution in [0.15, 0.2) is 89.0 Å². The predicted octanol–water partition coefficient (Wildman–Crippen LogP) is 6.94. The van der Waals surface area contributed by atoms with Crippen LogP contribution in [0, 0.1) is 0 Å². The number of benzene rings is 4. The van der Waals surface area contributed by atoms with Gasteiger partial charge in [0.15, 0.2) is 11.5 Å². The number of rotatable bonds is 6. The third-order valence-corrected chi connectivity index (χ3v) is 6.53. The van der Waals surface area contributed by atoms with Crippen molar-refractivity contribution in [2.45, 2.75) is 6.61 Å². The van der Waals surface area contributed by atoms with Gasteiger partial charge in [-0.15, -0.1) is 0 Å². The third-order valence-electron chi connectivity index (χ3n) is 5.70. The van der Waals surface area contributed by atoms with Crippen molar-refractivity contribution in [3.63, 3.8) is 0 Å². The van der Waals surface area contributed by atoms with Crippen LogP contribution in [0.5, 0.6) is 11.5 Å². The molecule has 1 N–H and O–H groups in total. The number of anilines is 1. The lowest BCUT2D eigenvalue weighted by Crippen LogP contribution is -2.30. The molecule has 0 aliphatic carbocycles. The van der Waals surface area contributed by atoms with Gasteiger partial charge in [0.05, 0.1) is 17.3 Å². The van der Waals surface area contributed by atoms with Crippen molar-refractivity contribution in [1.29, 1.82) is 0 Å². The topological polar surface area (TPSA) is 67.9 Å². The highest BCUT2D eigenvalue weighted by atomic mass is 79.9. The number of halogens is 2. The first-order valence-electron chi connectivity index (χ1n) is 11.0. The highest BCUT2D eigenvalue weighted by Gasteiger charge is 2.35. The summed E-state index contributed by atoms with van der Waals surface area (Å²) in [4.78, 5) is 26.5. The van der Waals surface area contributed by atoms with Crippen LogP contribution in [-0.4, -0.2) is 19.0 Å². The minimum atomic E-state index is -0.546. The van der Waals surface area contributed by atoms with Gasteiger partial charge < -0.3 is 14.8 Å². The second-order valence-electron chi connectivity index (χ2n) is 8.11. The standard InChI is InChI=1S/C28H20BrClN2O4/c1-35-25-14-18(13-24-27(33)32(28(34)31-24)22-8-4-7-21(30)15-22)12-23(29)26(25)36-16-17-9-10-19-5-2-3-6-20(19)11-17/h2-15H,16H2,1H3,(H,31,34)/b24-13+. The molecule has 0 atom stereocenters. The zero-order chi connectivity index (χ0) is 25.2. The van der Waals surface area contributed by atoms with Crippen LogP contribution in [0.4, 0.5) is 10.5 Å². The lowest BCUT2D eigenvalue weighted by molar-refractivity contribution is -0.113. The fourth-order valence-electron chi connectivity index (χ4n) is 4.00. The van der Waals surface area contributed by atoms with E-state index in [0.29, 0.717) is 38.9 Å². The maximum absolute atomic E-state index is 13.0. The van der Waals surface area contributed by atoms with E-state index in [-0.39, 0.29) is 5.70 Å². The minimum Gasteiger partial charge on any atom is -0.493 e. The molecular weight excluding hydrogens is 544 g/mol. The molecule has 0 aromatic heterocycles. The highest BCUT2D eigenvalue weighted by Crippen LogP contribution is 2.38. The Balaban J connectivity index is 1.38. The summed E-state index contributed by atoms with van der Waals surface area (Å²) in [6, 6.07) is 23.9. The molecule has 6 nitrogen and oxygen atoms in total. The molecule has 0 saturated carbocycles. The normalized spacial score (nSPS) is 14.4. The number of nitrogens with one attached hydrogen (secondary N) is 1. The highest BCUT2D eigenvalue weighted by molar-refractivity contribution is 9.10. The second kappa shape index (κ2) is 10.0. The molecule has 0 spiro atoms. The van der Waals surface area contributed by atoms with Gasteiger partial charge in [-0.3, -0.25) is 4.79 Å². The predicted molar refractivity (Wildman–Crippen MR) is 144 cm³/mol. The van der Waals surface area contributed by atoms with Crippen LogP contribution in [0.1, 0.15) is 11.1 Å². The molecule has 1 heterocycles. The summed E-state index contributed by atoms with van der Waals surface area (Å²) in [5.74, 6) is 0.546. The number of ether oxygens (including phenoxy) is 2. The van der Waals surface area contributed by atoms with Gasteiger partial charge in [-0.2, -0.15) is 0 Å². The first-order chi connectivity index (χ1) is 17.4. The van der Waals surface area contributed by atoms with Crippen LogP contribution in [0.2, 0.25) is 5.02 Å². The molecule has 4 aromatic rings. The van der Waals surface area contributed by atoms with Crippen molar-refractivity contribution in [3.8, 4) is 11.5 Å². The monoisotopic (exact) mass is 562 g/mol. The zero-order valence-corrected chi connectivity index (χ0v) is 21.5. The number of methoxy groups -OCH3 is 1. The number of hydrogen-bond donors (Lipinski definition) is 1. The van der Waals surface area contributed by atoms with Crippen molar-refractivity contribution >= 4 is 62.0 Å². The van der Waals surface area contributed by atoms with Crippen LogP contribution < -0.4 is 19.7 Å². The Morgan fingerprint density at radius 3 is 2.56 bits per heavy atom. The summed E-state index contributed by atoms with van der Waals surface area (Å²) in [5.41, 5.74) is 2.20. The summed E-state index contributed by atoms with van der Waals surface area (Å²) in [6.07, 6.45) is 1.59. The van der Waals surface area contributed by atoms with Crippen molar-refractivity contribution in [2.24, 2.45) is 0 Å². The van der Waals surface area contributed by atoms with Crippen LogP contribution in [0.25, 0.3) is 16.8 Å². The van der Waals surface area contributed by atoms with Crippen molar-refractivity contribution in [3.05, 3.63) is 105 Å². The number of fused-ring (bicyclic) bond motifs is 1. The number of carbonyl (C=O) groups is 2. The molecule has 8 heteroatoms. The second-order valence-corrected chi connectivity index (χ2v) is 9.40. The molecule has 1 aliphatic heterocycles. The molecule has 1 saturated heterocycles. The molecule has 0 radical (unpaired) electrons. The van der Waals surface area contributed by atoms with Gasteiger partial charge in [-0.1, -0.05) is 54.1 Å². The summed E-state index contributed by atoms with van der Waals surface area (Å²) in [7, 11) is 1.55. The van der Waals surface area contributed by atoms with Crippen molar-refractivity contribution < 1.29 is 19.1 Å². The Bertz CT molecular complexity index is 1540. The largest absolute Gasteiger partial charge is 0.493 e. The maximum Gasteiger partial charge on any atom is 0.333 e. The van der Waals surface area contributed by atoms with Gasteiger partial charge in [-0.25, -0.2) is 9.69 Å². The Hall–Kier alpha value is -3.81. The molecule has 1 aliphatic rings. The molecule has 180 valence electrons. The smallest absolute Gasteiger partial charge is 0.333 e. The molecule has 36 heavy (non-hydrogen) atoms. The Labute approximate surface area is 221 Å². The minimum absolute atomic E-state index is 0.138. The first kappa shape index (κ1) is 23.9. The third kappa shape index (κ3) is 4.80. The summed E-state index contributed by atoms with van der Waals surface area (Å²) in [5, 5.41) is 5.36. The average Bonchev–Trinajstić information content (AvgIpc) is 3.15. The van der Waals surface area contributed by atoms with Gasteiger partial charge in [0.2, 0.25) is 0 Å². The number of amides is 3.